The minimum atomic E-state index is -4.61. The van der Waals surface area contributed by atoms with Gasteiger partial charge in [0.25, 0.3) is 0 Å². The molecule has 2 aromatic rings. The highest BCUT2D eigenvalue weighted by Gasteiger charge is 2.41. The van der Waals surface area contributed by atoms with Crippen LogP contribution in [0.1, 0.15) is 37.2 Å². The molecule has 158 valence electrons. The number of amides is 1. The fourth-order valence-corrected chi connectivity index (χ4v) is 4.34. The number of carbonyl (C=O) groups excluding carboxylic acids is 3. The number of ether oxygens (including phenoxy) is 2. The second-order valence-electron chi connectivity index (χ2n) is 6.26. The third kappa shape index (κ3) is 4.13. The van der Waals surface area contributed by atoms with Crippen molar-refractivity contribution in [2.24, 2.45) is 0 Å². The first-order valence-electron chi connectivity index (χ1n) is 8.59. The van der Waals surface area contributed by atoms with Crippen LogP contribution in [0.5, 0.6) is 0 Å². The van der Waals surface area contributed by atoms with Crippen molar-refractivity contribution in [1.82, 2.24) is 0 Å². The highest BCUT2D eigenvalue weighted by Crippen LogP contribution is 2.46. The Morgan fingerprint density at radius 3 is 2.13 bits per heavy atom. The largest absolute Gasteiger partial charge is 0.465 e. The quantitative estimate of drug-likeness (QED) is 0.669. The average molecular weight is 439 g/mol. The van der Waals surface area contributed by atoms with Gasteiger partial charge in [-0.1, -0.05) is 18.2 Å². The van der Waals surface area contributed by atoms with Gasteiger partial charge >= 0.3 is 18.1 Å². The van der Waals surface area contributed by atoms with E-state index in [4.69, 9.17) is 0 Å². The van der Waals surface area contributed by atoms with Crippen LogP contribution in [0, 0.1) is 0 Å². The molecule has 0 aromatic heterocycles. The number of nitrogens with zero attached hydrogens (tertiary/aromatic N) is 1. The number of esters is 2. The number of thioether (sulfide) groups is 1. The van der Waals surface area contributed by atoms with Gasteiger partial charge < -0.3 is 9.47 Å². The number of alkyl halides is 3. The molecule has 1 aliphatic heterocycles. The molecule has 1 aliphatic rings. The molecule has 3 rings (SSSR count). The van der Waals surface area contributed by atoms with Gasteiger partial charge in [0, 0.05) is 5.69 Å². The maximum Gasteiger partial charge on any atom is 0.416 e. The molecule has 0 N–H and O–H groups in total. The number of anilines is 1. The van der Waals surface area contributed by atoms with E-state index in [1.807, 2.05) is 0 Å². The first-order chi connectivity index (χ1) is 14.2. The van der Waals surface area contributed by atoms with Gasteiger partial charge in [0.1, 0.15) is 5.37 Å². The Morgan fingerprint density at radius 1 is 1.03 bits per heavy atom. The summed E-state index contributed by atoms with van der Waals surface area (Å²) in [6.07, 6.45) is -4.61. The van der Waals surface area contributed by atoms with E-state index < -0.39 is 35.0 Å². The fourth-order valence-electron chi connectivity index (χ4n) is 3.13. The van der Waals surface area contributed by atoms with E-state index in [-0.39, 0.29) is 28.1 Å². The number of benzene rings is 2. The van der Waals surface area contributed by atoms with Crippen LogP contribution < -0.4 is 4.90 Å². The number of hydrogen-bond acceptors (Lipinski definition) is 6. The molecule has 1 saturated heterocycles. The maximum atomic E-state index is 13.5. The standard InChI is InChI=1S/C20H16F3NO5S/c1-28-18(26)11-7-12(19(27)29-2)9-13(8-11)24-16(25)10-30-17(24)14-5-3-4-6-15(14)20(21,22)23/h3-9,17H,10H2,1-2H3/t17-/m1/s1. The molecule has 0 saturated carbocycles. The number of hydrogen-bond donors (Lipinski definition) is 0. The maximum absolute atomic E-state index is 13.5. The lowest BCUT2D eigenvalue weighted by molar-refractivity contribution is -0.138. The summed E-state index contributed by atoms with van der Waals surface area (Å²) in [7, 11) is 2.29. The topological polar surface area (TPSA) is 72.9 Å². The van der Waals surface area contributed by atoms with Crippen LogP contribution in [-0.4, -0.2) is 37.8 Å². The van der Waals surface area contributed by atoms with Gasteiger partial charge in [-0.2, -0.15) is 13.2 Å². The van der Waals surface area contributed by atoms with Crippen LogP contribution in [0.4, 0.5) is 18.9 Å². The van der Waals surface area contributed by atoms with Crippen LogP contribution in [0.25, 0.3) is 0 Å². The second kappa shape index (κ2) is 8.39. The molecule has 0 spiro atoms. The molecular weight excluding hydrogens is 423 g/mol. The van der Waals surface area contributed by atoms with Crippen molar-refractivity contribution in [3.05, 3.63) is 64.7 Å². The molecule has 1 amide bonds. The third-order valence-electron chi connectivity index (χ3n) is 4.44. The van der Waals surface area contributed by atoms with Crippen molar-refractivity contribution in [3.8, 4) is 0 Å². The Kier molecular flexibility index (Phi) is 6.06. The van der Waals surface area contributed by atoms with Gasteiger partial charge in [-0.15, -0.1) is 11.8 Å². The summed E-state index contributed by atoms with van der Waals surface area (Å²) in [5, 5.41) is -0.992. The molecule has 0 unspecified atom stereocenters. The SMILES string of the molecule is COC(=O)c1cc(C(=O)OC)cc(N2C(=O)CS[C@@H]2c2ccccc2C(F)(F)F)c1. The van der Waals surface area contributed by atoms with Crippen molar-refractivity contribution in [2.75, 3.05) is 24.9 Å². The number of halogens is 3. The molecule has 0 aliphatic carbocycles. The van der Waals surface area contributed by atoms with E-state index in [1.165, 1.54) is 36.4 Å². The zero-order valence-corrected chi connectivity index (χ0v) is 16.7. The van der Waals surface area contributed by atoms with Gasteiger partial charge in [-0.25, -0.2) is 9.59 Å². The minimum Gasteiger partial charge on any atom is -0.465 e. The first-order valence-corrected chi connectivity index (χ1v) is 9.63. The zero-order valence-electron chi connectivity index (χ0n) is 15.9. The monoisotopic (exact) mass is 439 g/mol. The van der Waals surface area contributed by atoms with E-state index in [0.717, 1.165) is 36.9 Å². The van der Waals surface area contributed by atoms with Gasteiger partial charge in [-0.3, -0.25) is 9.69 Å². The molecule has 10 heteroatoms. The van der Waals surface area contributed by atoms with Crippen LogP contribution in [0.2, 0.25) is 0 Å². The number of methoxy groups -OCH3 is 2. The molecule has 30 heavy (non-hydrogen) atoms. The summed E-state index contributed by atoms with van der Waals surface area (Å²) >= 11 is 1.02. The first kappa shape index (κ1) is 21.7. The second-order valence-corrected chi connectivity index (χ2v) is 7.33. The number of carbonyl (C=O) groups is 3. The Labute approximate surface area is 173 Å². The lowest BCUT2D eigenvalue weighted by atomic mass is 10.0. The summed E-state index contributed by atoms with van der Waals surface area (Å²) in [4.78, 5) is 37.8. The highest BCUT2D eigenvalue weighted by atomic mass is 32.2. The van der Waals surface area contributed by atoms with Crippen molar-refractivity contribution >= 4 is 35.3 Å². The zero-order chi connectivity index (χ0) is 22.1. The van der Waals surface area contributed by atoms with Crippen molar-refractivity contribution < 1.29 is 37.0 Å². The van der Waals surface area contributed by atoms with E-state index in [1.54, 1.807) is 0 Å². The summed E-state index contributed by atoms with van der Waals surface area (Å²) in [6, 6.07) is 8.80. The number of rotatable bonds is 4. The molecular formula is C20H16F3NO5S. The molecule has 6 nitrogen and oxygen atoms in total. The van der Waals surface area contributed by atoms with Gasteiger partial charge in [0.2, 0.25) is 5.91 Å². The van der Waals surface area contributed by atoms with Crippen molar-refractivity contribution in [3.63, 3.8) is 0 Å². The molecule has 2 aromatic carbocycles. The van der Waals surface area contributed by atoms with Crippen LogP contribution >= 0.6 is 11.8 Å². The van der Waals surface area contributed by atoms with E-state index in [0.29, 0.717) is 0 Å². The summed E-state index contributed by atoms with van der Waals surface area (Å²) in [6.45, 7) is 0. The van der Waals surface area contributed by atoms with Gasteiger partial charge in [0.15, 0.2) is 0 Å². The normalized spacial score (nSPS) is 16.5. The van der Waals surface area contributed by atoms with E-state index in [2.05, 4.69) is 9.47 Å². The summed E-state index contributed by atoms with van der Waals surface area (Å²) in [5.41, 5.74) is -0.940. The molecule has 1 atom stereocenters. The van der Waals surface area contributed by atoms with Crippen LogP contribution in [-0.2, 0) is 20.4 Å². The summed E-state index contributed by atoms with van der Waals surface area (Å²) < 4.78 is 49.9. The Hall–Kier alpha value is -3.01. The molecule has 1 fully saturated rings. The average Bonchev–Trinajstić information content (AvgIpc) is 3.12. The third-order valence-corrected chi connectivity index (χ3v) is 5.63. The van der Waals surface area contributed by atoms with Crippen LogP contribution in [0.15, 0.2) is 42.5 Å². The van der Waals surface area contributed by atoms with E-state index >= 15 is 0 Å². The van der Waals surface area contributed by atoms with Crippen molar-refractivity contribution in [2.45, 2.75) is 11.6 Å². The Morgan fingerprint density at radius 2 is 1.60 bits per heavy atom. The lowest BCUT2D eigenvalue weighted by Crippen LogP contribution is -2.29. The van der Waals surface area contributed by atoms with E-state index in [9.17, 15) is 27.6 Å². The smallest absolute Gasteiger partial charge is 0.416 e. The van der Waals surface area contributed by atoms with Gasteiger partial charge in [0.05, 0.1) is 36.7 Å². The van der Waals surface area contributed by atoms with Gasteiger partial charge in [-0.05, 0) is 29.8 Å². The lowest BCUT2D eigenvalue weighted by Gasteiger charge is -2.27. The molecule has 0 bridgehead atoms. The van der Waals surface area contributed by atoms with Crippen LogP contribution in [0.3, 0.4) is 0 Å². The Bertz CT molecular complexity index is 974. The molecule has 0 radical (unpaired) electrons. The predicted molar refractivity (Wildman–Crippen MR) is 103 cm³/mol. The predicted octanol–water partition coefficient (Wildman–Crippen LogP) is 4.06. The Balaban J connectivity index is 2.15. The highest BCUT2D eigenvalue weighted by molar-refractivity contribution is 8.00. The molecule has 1 heterocycles. The minimum absolute atomic E-state index is 0.0389. The fraction of sp³-hybridized carbons (Fsp3) is 0.250. The van der Waals surface area contributed by atoms with Crippen molar-refractivity contribution in [1.29, 1.82) is 0 Å². The summed E-state index contributed by atoms with van der Waals surface area (Å²) in [5.74, 6) is -2.06.